The van der Waals surface area contributed by atoms with Crippen LogP contribution in [0.15, 0.2) is 24.4 Å². The highest BCUT2D eigenvalue weighted by molar-refractivity contribution is 5.85. The van der Waals surface area contributed by atoms with Crippen LogP contribution in [0, 0.1) is 5.41 Å². The number of ether oxygens (including phenoxy) is 1. The minimum Gasteiger partial charge on any atom is -0.383 e. The maximum absolute atomic E-state index is 12.9. The number of amides is 2. The Labute approximate surface area is 149 Å². The second kappa shape index (κ2) is 7.95. The molecule has 2 fully saturated rings. The van der Waals surface area contributed by atoms with E-state index < -0.39 is 0 Å². The Balaban J connectivity index is 1.59. The first-order valence-electron chi connectivity index (χ1n) is 9.11. The fraction of sp³-hybridized carbons (Fsp3) is 0.632. The molecule has 2 aliphatic heterocycles. The van der Waals surface area contributed by atoms with Gasteiger partial charge in [0, 0.05) is 45.2 Å². The molecule has 1 spiro atoms. The van der Waals surface area contributed by atoms with Gasteiger partial charge in [-0.25, -0.2) is 0 Å². The normalized spacial score (nSPS) is 24.0. The average molecular weight is 345 g/mol. The zero-order valence-electron chi connectivity index (χ0n) is 14.9. The summed E-state index contributed by atoms with van der Waals surface area (Å²) in [6.45, 7) is 3.45. The molecular weight excluding hydrogens is 318 g/mol. The lowest BCUT2D eigenvalue weighted by Crippen LogP contribution is -2.38. The van der Waals surface area contributed by atoms with Gasteiger partial charge in [-0.1, -0.05) is 6.07 Å². The van der Waals surface area contributed by atoms with E-state index in [1.165, 1.54) is 0 Å². The molecule has 3 rings (SSSR count). The number of hydrogen-bond donors (Lipinski definition) is 0. The lowest BCUT2D eigenvalue weighted by atomic mass is 9.79. The molecule has 0 bridgehead atoms. The van der Waals surface area contributed by atoms with Gasteiger partial charge in [-0.05, 0) is 37.8 Å². The first-order valence-corrected chi connectivity index (χ1v) is 9.11. The smallest absolute Gasteiger partial charge is 0.229 e. The van der Waals surface area contributed by atoms with Crippen molar-refractivity contribution in [2.75, 3.05) is 39.9 Å². The van der Waals surface area contributed by atoms with Crippen LogP contribution < -0.4 is 0 Å². The number of carbonyl (C=O) groups is 2. The van der Waals surface area contributed by atoms with Gasteiger partial charge in [0.1, 0.15) is 0 Å². The highest BCUT2D eigenvalue weighted by Gasteiger charge is 2.46. The number of methoxy groups -OCH3 is 1. The number of rotatable bonds is 5. The summed E-state index contributed by atoms with van der Waals surface area (Å²) in [5.74, 6) is 0.362. The first-order chi connectivity index (χ1) is 12.1. The fourth-order valence-corrected chi connectivity index (χ4v) is 3.98. The van der Waals surface area contributed by atoms with Crippen molar-refractivity contribution in [3.8, 4) is 0 Å². The number of likely N-dealkylation sites (tertiary alicyclic amines) is 2. The molecule has 0 N–H and O–H groups in total. The molecule has 0 aromatic carbocycles. The molecule has 2 saturated heterocycles. The fourth-order valence-electron chi connectivity index (χ4n) is 3.98. The summed E-state index contributed by atoms with van der Waals surface area (Å²) in [4.78, 5) is 33.5. The Morgan fingerprint density at radius 1 is 1.24 bits per heavy atom. The lowest BCUT2D eigenvalue weighted by molar-refractivity contribution is -0.137. The minimum absolute atomic E-state index is 0.109. The SMILES string of the molecule is COCCN1CCC2(CCCN(C(=O)Cc3ccccn3)CC2)C1=O. The third kappa shape index (κ3) is 4.00. The van der Waals surface area contributed by atoms with Crippen LogP contribution in [0.5, 0.6) is 0 Å². The van der Waals surface area contributed by atoms with Crippen molar-refractivity contribution in [3.63, 3.8) is 0 Å². The van der Waals surface area contributed by atoms with Crippen molar-refractivity contribution >= 4 is 11.8 Å². The molecule has 0 aliphatic carbocycles. The van der Waals surface area contributed by atoms with Gasteiger partial charge in [0.15, 0.2) is 0 Å². The summed E-state index contributed by atoms with van der Waals surface area (Å²) in [5, 5.41) is 0. The molecule has 6 nitrogen and oxygen atoms in total. The van der Waals surface area contributed by atoms with Crippen LogP contribution in [0.1, 0.15) is 31.4 Å². The molecular formula is C19H27N3O3. The van der Waals surface area contributed by atoms with Crippen molar-refractivity contribution < 1.29 is 14.3 Å². The van der Waals surface area contributed by atoms with E-state index in [1.807, 2.05) is 28.0 Å². The van der Waals surface area contributed by atoms with E-state index in [-0.39, 0.29) is 17.2 Å². The van der Waals surface area contributed by atoms with Gasteiger partial charge in [0.2, 0.25) is 11.8 Å². The number of pyridine rings is 1. The topological polar surface area (TPSA) is 62.7 Å². The second-order valence-corrected chi connectivity index (χ2v) is 7.05. The molecule has 0 radical (unpaired) electrons. The monoisotopic (exact) mass is 345 g/mol. The molecule has 1 aromatic heterocycles. The minimum atomic E-state index is -0.270. The number of hydrogen-bond acceptors (Lipinski definition) is 4. The van der Waals surface area contributed by atoms with Crippen LogP contribution in [0.25, 0.3) is 0 Å². The van der Waals surface area contributed by atoms with Gasteiger partial charge in [0.25, 0.3) is 0 Å². The highest BCUT2D eigenvalue weighted by Crippen LogP contribution is 2.41. The van der Waals surface area contributed by atoms with Crippen LogP contribution in [-0.2, 0) is 20.7 Å². The predicted octanol–water partition coefficient (Wildman–Crippen LogP) is 1.50. The van der Waals surface area contributed by atoms with Gasteiger partial charge in [-0.15, -0.1) is 0 Å². The third-order valence-electron chi connectivity index (χ3n) is 5.52. The van der Waals surface area contributed by atoms with Crippen LogP contribution in [0.3, 0.4) is 0 Å². The van der Waals surface area contributed by atoms with Crippen LogP contribution in [0.2, 0.25) is 0 Å². The Bertz CT molecular complexity index is 607. The standard InChI is InChI=1S/C19H27N3O3/c1-25-14-13-22-12-8-19(18(22)24)6-4-10-21(11-7-19)17(23)15-16-5-2-3-9-20-16/h2-3,5,9H,4,6-8,10-15H2,1H3. The predicted molar refractivity (Wildman–Crippen MR) is 93.9 cm³/mol. The molecule has 1 unspecified atom stereocenters. The number of nitrogens with zero attached hydrogens (tertiary/aromatic N) is 3. The largest absolute Gasteiger partial charge is 0.383 e. The Hall–Kier alpha value is -1.95. The van der Waals surface area contributed by atoms with Crippen molar-refractivity contribution in [2.24, 2.45) is 5.41 Å². The summed E-state index contributed by atoms with van der Waals surface area (Å²) >= 11 is 0. The van der Waals surface area contributed by atoms with Crippen molar-refractivity contribution in [1.82, 2.24) is 14.8 Å². The van der Waals surface area contributed by atoms with Crippen LogP contribution in [-0.4, -0.2) is 66.5 Å². The number of carbonyl (C=O) groups excluding carboxylic acids is 2. The van der Waals surface area contributed by atoms with E-state index in [2.05, 4.69) is 4.98 Å². The molecule has 2 amide bonds. The van der Waals surface area contributed by atoms with E-state index in [0.717, 1.165) is 44.5 Å². The number of aromatic nitrogens is 1. The zero-order chi connectivity index (χ0) is 17.7. The summed E-state index contributed by atoms with van der Waals surface area (Å²) in [7, 11) is 1.66. The second-order valence-electron chi connectivity index (χ2n) is 7.05. The van der Waals surface area contributed by atoms with Crippen molar-refractivity contribution in [2.45, 2.75) is 32.1 Å². The molecule has 2 aliphatic rings. The van der Waals surface area contributed by atoms with Crippen molar-refractivity contribution in [3.05, 3.63) is 30.1 Å². The Kier molecular flexibility index (Phi) is 5.68. The molecule has 0 saturated carbocycles. The summed E-state index contributed by atoms with van der Waals surface area (Å²) < 4.78 is 5.10. The zero-order valence-corrected chi connectivity index (χ0v) is 14.9. The Morgan fingerprint density at radius 3 is 2.84 bits per heavy atom. The maximum atomic E-state index is 12.9. The van der Waals surface area contributed by atoms with E-state index in [4.69, 9.17) is 4.74 Å². The van der Waals surface area contributed by atoms with E-state index in [0.29, 0.717) is 26.1 Å². The third-order valence-corrected chi connectivity index (χ3v) is 5.52. The molecule has 3 heterocycles. The van der Waals surface area contributed by atoms with Crippen LogP contribution in [0.4, 0.5) is 0 Å². The van der Waals surface area contributed by atoms with Crippen molar-refractivity contribution in [1.29, 1.82) is 0 Å². The van der Waals surface area contributed by atoms with Gasteiger partial charge < -0.3 is 14.5 Å². The summed E-state index contributed by atoms with van der Waals surface area (Å²) in [6, 6.07) is 5.63. The average Bonchev–Trinajstić information content (AvgIpc) is 2.80. The molecule has 1 aromatic rings. The van der Waals surface area contributed by atoms with E-state index in [9.17, 15) is 9.59 Å². The summed E-state index contributed by atoms with van der Waals surface area (Å²) in [6.07, 6.45) is 5.48. The quantitative estimate of drug-likeness (QED) is 0.811. The lowest BCUT2D eigenvalue weighted by Gasteiger charge is -2.26. The van der Waals surface area contributed by atoms with Gasteiger partial charge >= 0.3 is 0 Å². The highest BCUT2D eigenvalue weighted by atomic mass is 16.5. The summed E-state index contributed by atoms with van der Waals surface area (Å²) in [5.41, 5.74) is 0.530. The van der Waals surface area contributed by atoms with Gasteiger partial charge in [0.05, 0.1) is 18.4 Å². The van der Waals surface area contributed by atoms with E-state index in [1.54, 1.807) is 13.3 Å². The van der Waals surface area contributed by atoms with Crippen LogP contribution >= 0.6 is 0 Å². The molecule has 1 atom stereocenters. The first kappa shape index (κ1) is 17.9. The molecule has 136 valence electrons. The maximum Gasteiger partial charge on any atom is 0.229 e. The molecule has 6 heteroatoms. The van der Waals surface area contributed by atoms with E-state index >= 15 is 0 Å². The van der Waals surface area contributed by atoms with Gasteiger partial charge in [-0.2, -0.15) is 0 Å². The molecule has 25 heavy (non-hydrogen) atoms. The Morgan fingerprint density at radius 2 is 2.08 bits per heavy atom. The van der Waals surface area contributed by atoms with Gasteiger partial charge in [-0.3, -0.25) is 14.6 Å².